The highest BCUT2D eigenvalue weighted by Gasteiger charge is 2.63. The third-order valence-corrected chi connectivity index (χ3v) is 7.96. The van der Waals surface area contributed by atoms with Gasteiger partial charge in [0.1, 0.15) is 12.4 Å². The molecule has 0 aromatic heterocycles. The van der Waals surface area contributed by atoms with Crippen molar-refractivity contribution in [1.29, 1.82) is 0 Å². The number of amides is 6. The minimum Gasteiger partial charge on any atom is -0.491 e. The summed E-state index contributed by atoms with van der Waals surface area (Å²) >= 11 is 0. The van der Waals surface area contributed by atoms with Crippen LogP contribution in [0.4, 0.5) is 9.59 Å². The topological polar surface area (TPSA) is 157 Å². The lowest BCUT2D eigenvalue weighted by Crippen LogP contribution is -2.43. The van der Waals surface area contributed by atoms with E-state index >= 15 is 0 Å². The molecule has 1 aromatic rings. The second-order valence-electron chi connectivity index (χ2n) is 9.63. The molecular formula is C26H26N2O10. The number of hydrogen-bond acceptors (Lipinski definition) is 10. The molecule has 5 rings (SSSR count). The molecule has 2 saturated heterocycles. The normalized spacial score (nSPS) is 29.9. The van der Waals surface area contributed by atoms with Crippen LogP contribution < -0.4 is 4.74 Å². The number of rotatable bonds is 4. The molecule has 200 valence electrons. The molecule has 6 unspecified atom stereocenters. The highest BCUT2D eigenvalue weighted by atomic mass is 16.5. The van der Waals surface area contributed by atoms with E-state index in [2.05, 4.69) is 9.47 Å². The van der Waals surface area contributed by atoms with Crippen LogP contribution in [0.15, 0.2) is 35.9 Å². The van der Waals surface area contributed by atoms with Crippen molar-refractivity contribution in [2.24, 2.45) is 29.6 Å². The fourth-order valence-corrected chi connectivity index (χ4v) is 6.44. The van der Waals surface area contributed by atoms with Gasteiger partial charge in [-0.15, -0.1) is 0 Å². The van der Waals surface area contributed by atoms with Crippen molar-refractivity contribution in [2.45, 2.75) is 18.8 Å². The van der Waals surface area contributed by atoms with Crippen LogP contribution in [0.5, 0.6) is 5.75 Å². The van der Waals surface area contributed by atoms with Crippen LogP contribution in [0.25, 0.3) is 0 Å². The molecule has 1 aromatic carbocycles. The molecule has 4 aliphatic rings. The number of carbonyl (C=O) groups excluding carboxylic acids is 6. The summed E-state index contributed by atoms with van der Waals surface area (Å²) in [7, 11) is 2.15. The van der Waals surface area contributed by atoms with E-state index in [-0.39, 0.29) is 26.1 Å². The molecule has 6 atom stereocenters. The molecule has 12 heteroatoms. The number of ether oxygens (including phenoxy) is 3. The van der Waals surface area contributed by atoms with Crippen LogP contribution in [0, 0.1) is 29.6 Å². The summed E-state index contributed by atoms with van der Waals surface area (Å²) in [4.78, 5) is 78.8. The van der Waals surface area contributed by atoms with E-state index in [1.807, 2.05) is 6.08 Å². The van der Waals surface area contributed by atoms with Crippen molar-refractivity contribution >= 4 is 35.8 Å². The highest BCUT2D eigenvalue weighted by Crippen LogP contribution is 2.58. The summed E-state index contributed by atoms with van der Waals surface area (Å²) in [5.41, 5.74) is 1.36. The van der Waals surface area contributed by atoms with Gasteiger partial charge in [-0.05, 0) is 36.5 Å². The Bertz CT molecular complexity index is 1250. The number of imide groups is 6. The van der Waals surface area contributed by atoms with Gasteiger partial charge in [0.15, 0.2) is 0 Å². The third kappa shape index (κ3) is 3.70. The predicted octanol–water partition coefficient (Wildman–Crippen LogP) is 1.23. The number of benzene rings is 1. The lowest BCUT2D eigenvalue weighted by molar-refractivity contribution is -0.139. The number of likely N-dealkylation sites (tertiary alicyclic amines) is 2. The molecule has 0 radical (unpaired) electrons. The monoisotopic (exact) mass is 526 g/mol. The van der Waals surface area contributed by atoms with Crippen LogP contribution in [0.2, 0.25) is 0 Å². The van der Waals surface area contributed by atoms with Crippen molar-refractivity contribution in [3.8, 4) is 5.75 Å². The Morgan fingerprint density at radius 3 is 2.00 bits per heavy atom. The molecule has 0 spiro atoms. The van der Waals surface area contributed by atoms with Gasteiger partial charge in [-0.1, -0.05) is 23.8 Å². The Hall–Kier alpha value is -4.06. The Labute approximate surface area is 217 Å². The van der Waals surface area contributed by atoms with Crippen molar-refractivity contribution in [3.05, 3.63) is 41.5 Å². The Kier molecular flexibility index (Phi) is 6.51. The van der Waals surface area contributed by atoms with Crippen molar-refractivity contribution < 1.29 is 48.1 Å². The van der Waals surface area contributed by atoms with Crippen LogP contribution in [0.1, 0.15) is 24.3 Å². The summed E-state index contributed by atoms with van der Waals surface area (Å²) in [5, 5.41) is 9.02. The number of aliphatic hydroxyl groups excluding tert-OH is 1. The minimum atomic E-state index is -1.08. The number of allylic oxidation sites excluding steroid dienone is 2. The summed E-state index contributed by atoms with van der Waals surface area (Å²) in [6.45, 7) is -0.0712. The van der Waals surface area contributed by atoms with Gasteiger partial charge in [0, 0.05) is 5.92 Å². The van der Waals surface area contributed by atoms with Gasteiger partial charge in [0.05, 0.1) is 44.5 Å². The smallest absolute Gasteiger partial charge is 0.423 e. The standard InChI is InChI=1S/C26H26N2O10/c1-36-25(34)27-21(30)15-8-7-14-16(19(15)23(27)32)11-17-20(24(33)28(22(17)31)26(35)37-2)18(14)12-3-5-13(6-4-12)38-10-9-29/h3-7,15-20,29H,8-11H2,1-2H3. The van der Waals surface area contributed by atoms with Gasteiger partial charge in [-0.3, -0.25) is 19.2 Å². The molecule has 12 nitrogen and oxygen atoms in total. The maximum Gasteiger partial charge on any atom is 0.423 e. The fraction of sp³-hybridized carbons (Fsp3) is 0.462. The van der Waals surface area contributed by atoms with Crippen LogP contribution in [-0.4, -0.2) is 78.2 Å². The number of nitrogens with zero attached hydrogens (tertiary/aromatic N) is 2. The van der Waals surface area contributed by atoms with Crippen LogP contribution in [-0.2, 0) is 28.7 Å². The molecular weight excluding hydrogens is 500 g/mol. The second kappa shape index (κ2) is 9.67. The quantitative estimate of drug-likeness (QED) is 0.447. The molecule has 3 fully saturated rings. The number of carbonyl (C=O) groups is 6. The average Bonchev–Trinajstić information content (AvgIpc) is 3.34. The zero-order valence-corrected chi connectivity index (χ0v) is 20.7. The van der Waals surface area contributed by atoms with E-state index in [1.54, 1.807) is 24.3 Å². The predicted molar refractivity (Wildman–Crippen MR) is 125 cm³/mol. The van der Waals surface area contributed by atoms with Gasteiger partial charge < -0.3 is 19.3 Å². The zero-order chi connectivity index (χ0) is 27.3. The molecule has 38 heavy (non-hydrogen) atoms. The second-order valence-corrected chi connectivity index (χ2v) is 9.63. The molecule has 1 saturated carbocycles. The summed E-state index contributed by atoms with van der Waals surface area (Å²) in [6, 6.07) is 6.78. The first-order chi connectivity index (χ1) is 18.2. The highest BCUT2D eigenvalue weighted by molar-refractivity contribution is 6.17. The first kappa shape index (κ1) is 25.6. The van der Waals surface area contributed by atoms with Gasteiger partial charge in [0.25, 0.3) is 0 Å². The van der Waals surface area contributed by atoms with Crippen LogP contribution in [0.3, 0.4) is 0 Å². The minimum absolute atomic E-state index is 0.0535. The lowest BCUT2D eigenvalue weighted by Gasteiger charge is -2.44. The number of aliphatic hydroxyl groups is 1. The Morgan fingerprint density at radius 1 is 0.842 bits per heavy atom. The molecule has 6 amide bonds. The van der Waals surface area contributed by atoms with Crippen molar-refractivity contribution in [3.63, 3.8) is 0 Å². The van der Waals surface area contributed by atoms with Crippen molar-refractivity contribution in [1.82, 2.24) is 9.80 Å². The van der Waals surface area contributed by atoms with E-state index in [4.69, 9.17) is 9.84 Å². The van der Waals surface area contributed by atoms with Gasteiger partial charge in [-0.2, -0.15) is 9.80 Å². The Balaban J connectivity index is 1.59. The summed E-state index contributed by atoms with van der Waals surface area (Å²) < 4.78 is 14.8. The van der Waals surface area contributed by atoms with Crippen LogP contribution >= 0.6 is 0 Å². The zero-order valence-electron chi connectivity index (χ0n) is 20.7. The first-order valence-corrected chi connectivity index (χ1v) is 12.2. The molecule has 1 N–H and O–H groups in total. The SMILES string of the molecule is COC(=O)N1C(=O)C2CC=C3C(CC4C(=O)N(C(=O)OC)C(=O)C4C3c3ccc(OCCO)cc3)C2C1=O. The third-order valence-electron chi connectivity index (χ3n) is 7.96. The summed E-state index contributed by atoms with van der Waals surface area (Å²) in [6.07, 6.45) is -0.114. The van der Waals surface area contributed by atoms with Gasteiger partial charge in [-0.25, -0.2) is 9.59 Å². The molecule has 2 aliphatic heterocycles. The molecule has 2 heterocycles. The average molecular weight is 526 g/mol. The van der Waals surface area contributed by atoms with E-state index in [1.165, 1.54) is 0 Å². The molecule has 2 aliphatic carbocycles. The first-order valence-electron chi connectivity index (χ1n) is 12.2. The summed E-state index contributed by atoms with van der Waals surface area (Å²) in [5.74, 6) is -7.14. The number of hydrogen-bond donors (Lipinski definition) is 1. The fourth-order valence-electron chi connectivity index (χ4n) is 6.44. The largest absolute Gasteiger partial charge is 0.491 e. The van der Waals surface area contributed by atoms with E-state index in [0.29, 0.717) is 26.7 Å². The van der Waals surface area contributed by atoms with Crippen molar-refractivity contribution in [2.75, 3.05) is 27.4 Å². The van der Waals surface area contributed by atoms with Gasteiger partial charge >= 0.3 is 12.2 Å². The van der Waals surface area contributed by atoms with Gasteiger partial charge in [0.2, 0.25) is 23.6 Å². The maximum atomic E-state index is 13.5. The van der Waals surface area contributed by atoms with E-state index < -0.39 is 71.3 Å². The lowest BCUT2D eigenvalue weighted by atomic mass is 9.57. The number of fused-ring (bicyclic) bond motifs is 4. The Morgan fingerprint density at radius 2 is 1.42 bits per heavy atom. The number of methoxy groups -OCH3 is 2. The van der Waals surface area contributed by atoms with E-state index in [9.17, 15) is 28.8 Å². The van der Waals surface area contributed by atoms with E-state index in [0.717, 1.165) is 14.2 Å². The maximum absolute atomic E-state index is 13.5. The molecule has 0 bridgehead atoms.